The molecule has 6 heteroatoms. The van der Waals surface area contributed by atoms with E-state index in [0.717, 1.165) is 33.8 Å². The van der Waals surface area contributed by atoms with Crippen molar-refractivity contribution in [2.75, 3.05) is 19.6 Å². The van der Waals surface area contributed by atoms with E-state index < -0.39 is 0 Å². The topological polar surface area (TPSA) is 49.7 Å². The summed E-state index contributed by atoms with van der Waals surface area (Å²) >= 11 is 1.72. The number of benzene rings is 1. The fraction of sp³-hybridized carbons (Fsp3) is 0.333. The van der Waals surface area contributed by atoms with E-state index in [4.69, 9.17) is 4.98 Å². The predicted octanol–water partition coefficient (Wildman–Crippen LogP) is 6.57. The van der Waals surface area contributed by atoms with E-state index in [1.165, 1.54) is 68.2 Å². The number of rotatable bonds is 7. The van der Waals surface area contributed by atoms with Crippen LogP contribution >= 0.6 is 11.3 Å². The van der Waals surface area contributed by atoms with Gasteiger partial charge in [-0.2, -0.15) is 0 Å². The molecule has 5 aromatic rings. The molecule has 1 saturated heterocycles. The zero-order valence-corrected chi connectivity index (χ0v) is 19.7. The Labute approximate surface area is 198 Å². The lowest BCUT2D eigenvalue weighted by atomic mass is 10.1. The Balaban J connectivity index is 1.24. The lowest BCUT2D eigenvalue weighted by Crippen LogP contribution is -2.30. The maximum absolute atomic E-state index is 5.04. The summed E-state index contributed by atoms with van der Waals surface area (Å²) in [4.78, 5) is 15.4. The van der Waals surface area contributed by atoms with E-state index in [9.17, 15) is 0 Å². The second-order valence-corrected chi connectivity index (χ2v) is 9.86. The zero-order valence-electron chi connectivity index (χ0n) is 18.8. The van der Waals surface area contributed by atoms with Crippen molar-refractivity contribution in [1.29, 1.82) is 0 Å². The minimum absolute atomic E-state index is 0.906. The molecule has 33 heavy (non-hydrogen) atoms. The van der Waals surface area contributed by atoms with Crippen molar-refractivity contribution in [2.45, 2.75) is 38.6 Å². The Morgan fingerprint density at radius 3 is 2.70 bits per heavy atom. The molecule has 0 aliphatic carbocycles. The van der Waals surface area contributed by atoms with Crippen LogP contribution in [0.15, 0.2) is 60.4 Å². The number of H-pyrrole nitrogens is 1. The minimum Gasteiger partial charge on any atom is -0.347 e. The maximum Gasteiger partial charge on any atom is 0.137 e. The van der Waals surface area contributed by atoms with Gasteiger partial charge in [-0.1, -0.05) is 24.6 Å². The van der Waals surface area contributed by atoms with Gasteiger partial charge in [0, 0.05) is 57.9 Å². The number of hydrogen-bond donors (Lipinski definition) is 1. The van der Waals surface area contributed by atoms with Gasteiger partial charge in [0.1, 0.15) is 10.7 Å². The third-order valence-electron chi connectivity index (χ3n) is 6.82. The number of pyridine rings is 1. The molecule has 1 aliphatic rings. The Morgan fingerprint density at radius 2 is 1.76 bits per heavy atom. The third kappa shape index (κ3) is 4.09. The molecule has 5 heterocycles. The van der Waals surface area contributed by atoms with Gasteiger partial charge in [0.15, 0.2) is 0 Å². The van der Waals surface area contributed by atoms with Crippen LogP contribution in [0.5, 0.6) is 0 Å². The van der Waals surface area contributed by atoms with Crippen molar-refractivity contribution >= 4 is 33.3 Å². The van der Waals surface area contributed by atoms with Crippen LogP contribution in [0.3, 0.4) is 0 Å². The first kappa shape index (κ1) is 20.6. The van der Waals surface area contributed by atoms with Crippen molar-refractivity contribution in [1.82, 2.24) is 24.4 Å². The average Bonchev–Trinajstić information content (AvgIpc) is 3.59. The molecule has 168 valence electrons. The molecule has 5 nitrogen and oxygen atoms in total. The van der Waals surface area contributed by atoms with Crippen molar-refractivity contribution in [3.05, 3.63) is 60.4 Å². The number of aryl methyl sites for hydroxylation is 1. The highest BCUT2D eigenvalue weighted by Crippen LogP contribution is 2.36. The number of para-hydroxylation sites is 1. The number of unbranched alkanes of at least 4 members (excludes halogenated alkanes) is 1. The standard InChI is InChI=1S/C27H29N5S/c1-4-13-31(14-5-1)15-6-7-16-32-18-23(20-9-2-3-11-25(20)32)27-30-24(19-33-27)22-17-29-26-21(22)10-8-12-28-26/h2-3,8-12,17-19H,1,4-7,13-16H2,(H,28,29). The number of aromatic nitrogens is 4. The molecule has 6 rings (SSSR count). The van der Waals surface area contributed by atoms with E-state index in [-0.39, 0.29) is 0 Å². The molecule has 1 aliphatic heterocycles. The fourth-order valence-corrected chi connectivity index (χ4v) is 5.94. The molecule has 0 spiro atoms. The van der Waals surface area contributed by atoms with Gasteiger partial charge in [-0.15, -0.1) is 11.3 Å². The van der Waals surface area contributed by atoms with Gasteiger partial charge in [-0.05, 0) is 63.5 Å². The van der Waals surface area contributed by atoms with Crippen molar-refractivity contribution in [2.24, 2.45) is 0 Å². The van der Waals surface area contributed by atoms with Gasteiger partial charge < -0.3 is 14.5 Å². The van der Waals surface area contributed by atoms with Crippen LogP contribution in [-0.4, -0.2) is 44.1 Å². The van der Waals surface area contributed by atoms with E-state index in [0.29, 0.717) is 0 Å². The second kappa shape index (κ2) is 9.12. The summed E-state index contributed by atoms with van der Waals surface area (Å²) in [5.41, 5.74) is 5.56. The second-order valence-electron chi connectivity index (χ2n) is 9.00. The van der Waals surface area contributed by atoms with E-state index in [2.05, 4.69) is 61.3 Å². The highest BCUT2D eigenvalue weighted by molar-refractivity contribution is 7.13. The van der Waals surface area contributed by atoms with Crippen LogP contribution in [-0.2, 0) is 6.54 Å². The summed E-state index contributed by atoms with van der Waals surface area (Å²) in [6, 6.07) is 12.8. The van der Waals surface area contributed by atoms with Crippen LogP contribution < -0.4 is 0 Å². The van der Waals surface area contributed by atoms with Crippen molar-refractivity contribution in [3.63, 3.8) is 0 Å². The monoisotopic (exact) mass is 455 g/mol. The molecule has 0 radical (unpaired) electrons. The number of likely N-dealkylation sites (tertiary alicyclic amines) is 1. The predicted molar refractivity (Wildman–Crippen MR) is 138 cm³/mol. The lowest BCUT2D eigenvalue weighted by Gasteiger charge is -2.26. The number of piperidine rings is 1. The van der Waals surface area contributed by atoms with Gasteiger partial charge in [-0.25, -0.2) is 9.97 Å². The number of nitrogens with one attached hydrogen (secondary N) is 1. The smallest absolute Gasteiger partial charge is 0.137 e. The summed E-state index contributed by atoms with van der Waals surface area (Å²) in [5.74, 6) is 0. The van der Waals surface area contributed by atoms with Gasteiger partial charge in [-0.3, -0.25) is 0 Å². The first-order valence-corrected chi connectivity index (χ1v) is 12.9. The highest BCUT2D eigenvalue weighted by Gasteiger charge is 2.16. The summed E-state index contributed by atoms with van der Waals surface area (Å²) in [5, 5.41) is 5.64. The quantitative estimate of drug-likeness (QED) is 0.282. The van der Waals surface area contributed by atoms with Gasteiger partial charge >= 0.3 is 0 Å². The van der Waals surface area contributed by atoms with Crippen LogP contribution in [0.4, 0.5) is 0 Å². The number of fused-ring (bicyclic) bond motifs is 2. The van der Waals surface area contributed by atoms with E-state index in [1.54, 1.807) is 11.3 Å². The van der Waals surface area contributed by atoms with Gasteiger partial charge in [0.05, 0.1) is 5.69 Å². The minimum atomic E-state index is 0.906. The number of thiazole rings is 1. The van der Waals surface area contributed by atoms with Crippen LogP contribution in [0, 0.1) is 0 Å². The summed E-state index contributed by atoms with van der Waals surface area (Å²) in [7, 11) is 0. The zero-order chi connectivity index (χ0) is 22.0. The highest BCUT2D eigenvalue weighted by atomic mass is 32.1. The molecule has 0 saturated carbocycles. The molecular formula is C27H29N5S. The van der Waals surface area contributed by atoms with E-state index in [1.807, 2.05) is 18.5 Å². The Morgan fingerprint density at radius 1 is 0.909 bits per heavy atom. The van der Waals surface area contributed by atoms with E-state index >= 15 is 0 Å². The molecule has 1 N–H and O–H groups in total. The Hall–Kier alpha value is -2.96. The van der Waals surface area contributed by atoms with Crippen molar-refractivity contribution < 1.29 is 0 Å². The molecule has 0 unspecified atom stereocenters. The summed E-state index contributed by atoms with van der Waals surface area (Å²) < 4.78 is 2.43. The Bertz CT molecular complexity index is 1370. The maximum atomic E-state index is 5.04. The molecule has 1 fully saturated rings. The normalized spacial score (nSPS) is 15.0. The number of nitrogens with zero attached hydrogens (tertiary/aromatic N) is 4. The van der Waals surface area contributed by atoms with Gasteiger partial charge in [0.25, 0.3) is 0 Å². The lowest BCUT2D eigenvalue weighted by molar-refractivity contribution is 0.223. The molecule has 0 amide bonds. The Kier molecular flexibility index (Phi) is 5.70. The number of hydrogen-bond acceptors (Lipinski definition) is 4. The molecular weight excluding hydrogens is 426 g/mol. The van der Waals surface area contributed by atoms with Crippen molar-refractivity contribution in [3.8, 4) is 21.8 Å². The summed E-state index contributed by atoms with van der Waals surface area (Å²) in [6.07, 6.45) is 12.8. The van der Waals surface area contributed by atoms with Crippen LogP contribution in [0.25, 0.3) is 43.8 Å². The molecule has 4 aromatic heterocycles. The SMILES string of the molecule is c1cnc2[nH]cc(-c3csc(-c4cn(CCCCN5CCCCC5)c5ccccc45)n3)c2c1. The first-order valence-electron chi connectivity index (χ1n) is 12.1. The number of aromatic amines is 1. The fourth-order valence-electron chi connectivity index (χ4n) is 5.09. The molecule has 0 atom stereocenters. The summed E-state index contributed by atoms with van der Waals surface area (Å²) in [6.45, 7) is 4.87. The molecule has 1 aromatic carbocycles. The van der Waals surface area contributed by atoms with Crippen LogP contribution in [0.1, 0.15) is 32.1 Å². The largest absolute Gasteiger partial charge is 0.347 e. The third-order valence-corrected chi connectivity index (χ3v) is 7.70. The average molecular weight is 456 g/mol. The first-order chi connectivity index (χ1) is 16.4. The van der Waals surface area contributed by atoms with Crippen LogP contribution in [0.2, 0.25) is 0 Å². The van der Waals surface area contributed by atoms with Gasteiger partial charge in [0.2, 0.25) is 0 Å². The molecule has 0 bridgehead atoms.